The van der Waals surface area contributed by atoms with E-state index in [0.29, 0.717) is 0 Å². The van der Waals surface area contributed by atoms with E-state index in [1.54, 1.807) is 0 Å². The van der Waals surface area contributed by atoms with Gasteiger partial charge in [-0.3, -0.25) is 4.98 Å². The third kappa shape index (κ3) is 2.95. The summed E-state index contributed by atoms with van der Waals surface area (Å²) in [5.41, 5.74) is 0.994. The van der Waals surface area contributed by atoms with Gasteiger partial charge in [0.05, 0.1) is 12.3 Å². The van der Waals surface area contributed by atoms with Gasteiger partial charge in [0.25, 0.3) is 0 Å². The predicted molar refractivity (Wildman–Crippen MR) is 61.0 cm³/mol. The van der Waals surface area contributed by atoms with Crippen LogP contribution in [0.25, 0.3) is 0 Å². The van der Waals surface area contributed by atoms with Crippen molar-refractivity contribution in [2.24, 2.45) is 5.92 Å². The predicted octanol–water partition coefficient (Wildman–Crippen LogP) is 3.35. The number of rotatable bonds is 3. The van der Waals surface area contributed by atoms with Gasteiger partial charge in [-0.15, -0.1) is 0 Å². The summed E-state index contributed by atoms with van der Waals surface area (Å²) < 4.78 is 5.81. The van der Waals surface area contributed by atoms with Crippen LogP contribution < -0.4 is 4.74 Å². The van der Waals surface area contributed by atoms with E-state index >= 15 is 0 Å². The van der Waals surface area contributed by atoms with Crippen LogP contribution in [0.15, 0.2) is 18.3 Å². The summed E-state index contributed by atoms with van der Waals surface area (Å²) in [7, 11) is 0. The van der Waals surface area contributed by atoms with Crippen molar-refractivity contribution < 1.29 is 4.74 Å². The average molecular weight is 205 g/mol. The Morgan fingerprint density at radius 1 is 1.33 bits per heavy atom. The molecule has 1 aromatic rings. The lowest BCUT2D eigenvalue weighted by atomic mass is 9.90. The molecule has 0 bridgehead atoms. The number of hydrogen-bond acceptors (Lipinski definition) is 2. The first kappa shape index (κ1) is 10.5. The Morgan fingerprint density at radius 2 is 2.13 bits per heavy atom. The normalized spacial score (nSPS) is 17.7. The lowest BCUT2D eigenvalue weighted by Crippen LogP contribution is -2.15. The monoisotopic (exact) mass is 205 g/mol. The van der Waals surface area contributed by atoms with Crippen molar-refractivity contribution in [1.82, 2.24) is 4.98 Å². The molecule has 0 aromatic carbocycles. The van der Waals surface area contributed by atoms with Gasteiger partial charge in [-0.1, -0.05) is 19.3 Å². The Morgan fingerprint density at radius 3 is 2.87 bits per heavy atom. The molecule has 1 heterocycles. The van der Waals surface area contributed by atoms with E-state index in [2.05, 4.69) is 4.98 Å². The number of ether oxygens (including phenoxy) is 1. The lowest BCUT2D eigenvalue weighted by molar-refractivity contribution is 0.207. The van der Waals surface area contributed by atoms with E-state index in [1.165, 1.54) is 32.1 Å². The molecule has 2 heteroatoms. The second-order valence-corrected chi connectivity index (χ2v) is 4.40. The van der Waals surface area contributed by atoms with E-state index in [9.17, 15) is 0 Å². The third-order valence-electron chi connectivity index (χ3n) is 3.16. The van der Waals surface area contributed by atoms with Gasteiger partial charge in [-0.05, 0) is 37.8 Å². The SMILES string of the molecule is Cc1ncccc1OCC1CCCCC1. The topological polar surface area (TPSA) is 22.1 Å². The van der Waals surface area contributed by atoms with Crippen LogP contribution in [0, 0.1) is 12.8 Å². The minimum absolute atomic E-state index is 0.762. The van der Waals surface area contributed by atoms with Crippen molar-refractivity contribution in [2.45, 2.75) is 39.0 Å². The van der Waals surface area contributed by atoms with Gasteiger partial charge in [0, 0.05) is 6.20 Å². The van der Waals surface area contributed by atoms with Gasteiger partial charge in [0.1, 0.15) is 5.75 Å². The molecule has 0 spiro atoms. The average Bonchev–Trinajstić information content (AvgIpc) is 2.29. The number of hydrogen-bond donors (Lipinski definition) is 0. The van der Waals surface area contributed by atoms with E-state index in [-0.39, 0.29) is 0 Å². The summed E-state index contributed by atoms with van der Waals surface area (Å²) in [6.45, 7) is 2.86. The lowest BCUT2D eigenvalue weighted by Gasteiger charge is -2.21. The maximum absolute atomic E-state index is 5.81. The smallest absolute Gasteiger partial charge is 0.140 e. The molecule has 2 rings (SSSR count). The van der Waals surface area contributed by atoms with Gasteiger partial charge < -0.3 is 4.74 Å². The molecule has 1 aliphatic carbocycles. The van der Waals surface area contributed by atoms with Gasteiger partial charge in [0.2, 0.25) is 0 Å². The zero-order valence-corrected chi connectivity index (χ0v) is 9.41. The third-order valence-corrected chi connectivity index (χ3v) is 3.16. The fourth-order valence-electron chi connectivity index (χ4n) is 2.18. The highest BCUT2D eigenvalue weighted by atomic mass is 16.5. The fraction of sp³-hybridized carbons (Fsp3) is 0.615. The number of pyridine rings is 1. The minimum atomic E-state index is 0.762. The van der Waals surface area contributed by atoms with Crippen LogP contribution in [-0.2, 0) is 0 Å². The molecule has 0 amide bonds. The Bertz CT molecular complexity index is 305. The van der Waals surface area contributed by atoms with Crippen molar-refractivity contribution in [2.75, 3.05) is 6.61 Å². The largest absolute Gasteiger partial charge is 0.491 e. The van der Waals surface area contributed by atoms with E-state index in [4.69, 9.17) is 4.74 Å². The van der Waals surface area contributed by atoms with Crippen LogP contribution in [-0.4, -0.2) is 11.6 Å². The zero-order valence-electron chi connectivity index (χ0n) is 9.41. The Hall–Kier alpha value is -1.05. The Labute approximate surface area is 91.7 Å². The highest BCUT2D eigenvalue weighted by Crippen LogP contribution is 2.25. The maximum Gasteiger partial charge on any atom is 0.140 e. The van der Waals surface area contributed by atoms with Crippen LogP contribution in [0.3, 0.4) is 0 Å². The van der Waals surface area contributed by atoms with E-state index < -0.39 is 0 Å². The first-order valence-electron chi connectivity index (χ1n) is 5.90. The number of aryl methyl sites for hydroxylation is 1. The summed E-state index contributed by atoms with van der Waals surface area (Å²) in [5, 5.41) is 0. The van der Waals surface area contributed by atoms with Gasteiger partial charge in [0.15, 0.2) is 0 Å². The molecular weight excluding hydrogens is 186 g/mol. The van der Waals surface area contributed by atoms with Crippen molar-refractivity contribution in [3.05, 3.63) is 24.0 Å². The van der Waals surface area contributed by atoms with Crippen molar-refractivity contribution in [1.29, 1.82) is 0 Å². The molecule has 1 aromatic heterocycles. The van der Waals surface area contributed by atoms with Gasteiger partial charge in [-0.25, -0.2) is 0 Å². The molecule has 82 valence electrons. The molecule has 1 fully saturated rings. The second kappa shape index (κ2) is 5.15. The molecule has 0 saturated heterocycles. The molecule has 0 unspecified atom stereocenters. The summed E-state index contributed by atoms with van der Waals surface area (Å²) in [6.07, 6.45) is 8.63. The molecule has 0 atom stereocenters. The van der Waals surface area contributed by atoms with Crippen LogP contribution in [0.5, 0.6) is 5.75 Å². The van der Waals surface area contributed by atoms with Gasteiger partial charge in [-0.2, -0.15) is 0 Å². The van der Waals surface area contributed by atoms with E-state index in [1.807, 2.05) is 25.3 Å². The highest BCUT2D eigenvalue weighted by molar-refractivity contribution is 5.25. The number of aromatic nitrogens is 1. The molecule has 0 N–H and O–H groups in total. The van der Waals surface area contributed by atoms with E-state index in [0.717, 1.165) is 24.0 Å². The maximum atomic E-state index is 5.81. The second-order valence-electron chi connectivity index (χ2n) is 4.40. The summed E-state index contributed by atoms with van der Waals surface area (Å²) in [6, 6.07) is 3.94. The summed E-state index contributed by atoms with van der Waals surface area (Å²) >= 11 is 0. The number of nitrogens with zero attached hydrogens (tertiary/aromatic N) is 1. The van der Waals surface area contributed by atoms with Crippen LogP contribution in [0.1, 0.15) is 37.8 Å². The molecule has 1 saturated carbocycles. The first-order valence-corrected chi connectivity index (χ1v) is 5.90. The van der Waals surface area contributed by atoms with Crippen LogP contribution in [0.4, 0.5) is 0 Å². The van der Waals surface area contributed by atoms with Crippen molar-refractivity contribution in [3.8, 4) is 5.75 Å². The zero-order chi connectivity index (χ0) is 10.5. The van der Waals surface area contributed by atoms with Crippen molar-refractivity contribution >= 4 is 0 Å². The fourth-order valence-corrected chi connectivity index (χ4v) is 2.18. The molecule has 1 aliphatic rings. The van der Waals surface area contributed by atoms with Crippen molar-refractivity contribution in [3.63, 3.8) is 0 Å². The molecule has 15 heavy (non-hydrogen) atoms. The molecule has 2 nitrogen and oxygen atoms in total. The minimum Gasteiger partial charge on any atom is -0.491 e. The summed E-state index contributed by atoms with van der Waals surface area (Å²) in [5.74, 6) is 1.71. The van der Waals surface area contributed by atoms with Crippen LogP contribution >= 0.6 is 0 Å². The molecular formula is C13H19NO. The quantitative estimate of drug-likeness (QED) is 0.755. The van der Waals surface area contributed by atoms with Gasteiger partial charge >= 0.3 is 0 Å². The Balaban J connectivity index is 1.84. The molecule has 0 radical (unpaired) electrons. The summed E-state index contributed by atoms with van der Waals surface area (Å²) in [4.78, 5) is 4.22. The molecule has 0 aliphatic heterocycles. The standard InChI is InChI=1S/C13H19NO/c1-11-13(8-5-9-14-11)15-10-12-6-3-2-4-7-12/h5,8-9,12H,2-4,6-7,10H2,1H3. The Kier molecular flexibility index (Phi) is 3.59. The first-order chi connectivity index (χ1) is 7.36. The highest BCUT2D eigenvalue weighted by Gasteiger charge is 2.14. The van der Waals surface area contributed by atoms with Crippen LogP contribution in [0.2, 0.25) is 0 Å².